The molecule has 0 aliphatic heterocycles. The summed E-state index contributed by atoms with van der Waals surface area (Å²) in [7, 11) is 0. The zero-order valence-corrected chi connectivity index (χ0v) is 18.4. The maximum absolute atomic E-state index is 5.90. The van der Waals surface area contributed by atoms with Crippen LogP contribution in [0.25, 0.3) is 0 Å². The van der Waals surface area contributed by atoms with Gasteiger partial charge in [0.15, 0.2) is 0 Å². The molecule has 0 spiro atoms. The number of unbranched alkanes of at least 4 members (excludes halogenated alkanes) is 2. The van der Waals surface area contributed by atoms with Crippen molar-refractivity contribution in [3.05, 3.63) is 0 Å². The molecule has 5 atom stereocenters. The third-order valence-electron chi connectivity index (χ3n) is 7.37. The monoisotopic (exact) mass is 366 g/mol. The van der Waals surface area contributed by atoms with Crippen molar-refractivity contribution in [2.45, 2.75) is 111 Å². The molecule has 0 heterocycles. The Morgan fingerprint density at radius 2 is 1.58 bits per heavy atom. The van der Waals surface area contributed by atoms with Crippen molar-refractivity contribution >= 4 is 0 Å². The summed E-state index contributed by atoms with van der Waals surface area (Å²) in [5.74, 6) is 4.44. The fourth-order valence-electron chi connectivity index (χ4n) is 5.20. The fraction of sp³-hybridized carbons (Fsp3) is 1.00. The van der Waals surface area contributed by atoms with Crippen molar-refractivity contribution < 1.29 is 0 Å². The van der Waals surface area contributed by atoms with Crippen LogP contribution in [0.4, 0.5) is 0 Å². The summed E-state index contributed by atoms with van der Waals surface area (Å²) in [6.45, 7) is 8.89. The second-order valence-corrected chi connectivity index (χ2v) is 9.37. The zero-order valence-electron chi connectivity index (χ0n) is 18.4. The standard InChI is InChI=1S/C24H50N2/c1-4-20(3)14-15-24(23(5-2)16-17-25)13-8-6-7-10-21-11-9-12-22(18-21)19-26/h20-24H,4-19,25-26H2,1-3H3. The van der Waals surface area contributed by atoms with Crippen LogP contribution >= 0.6 is 0 Å². The first kappa shape index (κ1) is 24.0. The minimum absolute atomic E-state index is 0.820. The van der Waals surface area contributed by atoms with E-state index in [1.54, 1.807) is 0 Å². The van der Waals surface area contributed by atoms with Crippen LogP contribution in [0.1, 0.15) is 111 Å². The Bertz CT molecular complexity index is 317. The third kappa shape index (κ3) is 9.74. The van der Waals surface area contributed by atoms with Crippen LogP contribution < -0.4 is 11.5 Å². The van der Waals surface area contributed by atoms with Gasteiger partial charge >= 0.3 is 0 Å². The molecule has 0 aromatic carbocycles. The lowest BCUT2D eigenvalue weighted by molar-refractivity contribution is 0.239. The van der Waals surface area contributed by atoms with E-state index >= 15 is 0 Å². The smallest absolute Gasteiger partial charge is 0.00488 e. The molecule has 1 rings (SSSR count). The van der Waals surface area contributed by atoms with Crippen LogP contribution in [0.15, 0.2) is 0 Å². The van der Waals surface area contributed by atoms with Crippen LogP contribution in [0, 0.1) is 29.6 Å². The van der Waals surface area contributed by atoms with E-state index < -0.39 is 0 Å². The second kappa shape index (κ2) is 14.9. The normalized spacial score (nSPS) is 24.3. The lowest BCUT2D eigenvalue weighted by Crippen LogP contribution is -2.22. The molecule has 2 nitrogen and oxygen atoms in total. The van der Waals surface area contributed by atoms with Crippen LogP contribution in [0.5, 0.6) is 0 Å². The fourth-order valence-corrected chi connectivity index (χ4v) is 5.20. The van der Waals surface area contributed by atoms with Crippen molar-refractivity contribution in [1.82, 2.24) is 0 Å². The van der Waals surface area contributed by atoms with Gasteiger partial charge in [0.05, 0.1) is 0 Å². The number of rotatable bonds is 15. The van der Waals surface area contributed by atoms with Crippen LogP contribution in [-0.2, 0) is 0 Å². The third-order valence-corrected chi connectivity index (χ3v) is 7.37. The lowest BCUT2D eigenvalue weighted by Gasteiger charge is -2.29. The molecular weight excluding hydrogens is 316 g/mol. The molecule has 1 aliphatic carbocycles. The van der Waals surface area contributed by atoms with Gasteiger partial charge in [-0.05, 0) is 68.4 Å². The highest BCUT2D eigenvalue weighted by Crippen LogP contribution is 2.33. The Kier molecular flexibility index (Phi) is 13.7. The maximum atomic E-state index is 5.90. The van der Waals surface area contributed by atoms with Crippen molar-refractivity contribution in [1.29, 1.82) is 0 Å². The van der Waals surface area contributed by atoms with Gasteiger partial charge in [0, 0.05) is 0 Å². The summed E-state index contributed by atoms with van der Waals surface area (Å²) >= 11 is 0. The molecule has 1 aliphatic rings. The molecule has 0 aromatic rings. The molecule has 1 fully saturated rings. The van der Waals surface area contributed by atoms with Gasteiger partial charge < -0.3 is 11.5 Å². The van der Waals surface area contributed by atoms with Crippen molar-refractivity contribution in [3.63, 3.8) is 0 Å². The number of nitrogens with two attached hydrogens (primary N) is 2. The molecule has 0 aromatic heterocycles. The summed E-state index contributed by atoms with van der Waals surface area (Å²) in [5, 5.41) is 0. The Balaban J connectivity index is 2.28. The molecule has 5 unspecified atom stereocenters. The summed E-state index contributed by atoms with van der Waals surface area (Å²) in [6, 6.07) is 0. The molecule has 0 radical (unpaired) electrons. The predicted octanol–water partition coefficient (Wildman–Crippen LogP) is 6.52. The van der Waals surface area contributed by atoms with Crippen molar-refractivity contribution in [3.8, 4) is 0 Å². The van der Waals surface area contributed by atoms with E-state index in [1.807, 2.05) is 0 Å². The Morgan fingerprint density at radius 1 is 0.808 bits per heavy atom. The first-order valence-corrected chi connectivity index (χ1v) is 12.0. The van der Waals surface area contributed by atoms with Crippen LogP contribution in [0.2, 0.25) is 0 Å². The van der Waals surface area contributed by atoms with E-state index in [4.69, 9.17) is 11.5 Å². The second-order valence-electron chi connectivity index (χ2n) is 9.37. The maximum Gasteiger partial charge on any atom is -0.00488 e. The van der Waals surface area contributed by atoms with Gasteiger partial charge in [0.1, 0.15) is 0 Å². The minimum atomic E-state index is 0.820. The minimum Gasteiger partial charge on any atom is -0.330 e. The van der Waals surface area contributed by atoms with E-state index in [1.165, 1.54) is 89.9 Å². The van der Waals surface area contributed by atoms with Gasteiger partial charge in [-0.2, -0.15) is 0 Å². The summed E-state index contributed by atoms with van der Waals surface area (Å²) in [5.41, 5.74) is 11.8. The van der Waals surface area contributed by atoms with E-state index in [2.05, 4.69) is 20.8 Å². The first-order chi connectivity index (χ1) is 12.6. The number of hydrogen-bond donors (Lipinski definition) is 2. The molecule has 26 heavy (non-hydrogen) atoms. The topological polar surface area (TPSA) is 52.0 Å². The van der Waals surface area contributed by atoms with E-state index in [-0.39, 0.29) is 0 Å². The average Bonchev–Trinajstić information content (AvgIpc) is 2.68. The zero-order chi connectivity index (χ0) is 19.2. The highest BCUT2D eigenvalue weighted by Gasteiger charge is 2.21. The molecule has 0 bridgehead atoms. The van der Waals surface area contributed by atoms with Gasteiger partial charge in [-0.25, -0.2) is 0 Å². The van der Waals surface area contributed by atoms with Crippen molar-refractivity contribution in [2.75, 3.05) is 13.1 Å². The molecule has 4 N–H and O–H groups in total. The van der Waals surface area contributed by atoms with Crippen molar-refractivity contribution in [2.24, 2.45) is 41.1 Å². The molecular formula is C24H50N2. The van der Waals surface area contributed by atoms with Crippen LogP contribution in [0.3, 0.4) is 0 Å². The molecule has 156 valence electrons. The molecule has 0 amide bonds. The van der Waals surface area contributed by atoms with Gasteiger partial charge in [0.2, 0.25) is 0 Å². The summed E-state index contributed by atoms with van der Waals surface area (Å²) in [4.78, 5) is 0. The predicted molar refractivity (Wildman–Crippen MR) is 117 cm³/mol. The SMILES string of the molecule is CCC(C)CCC(CCCCCC1CCCC(CN)C1)C(CC)CCN. The van der Waals surface area contributed by atoms with Gasteiger partial charge in [-0.1, -0.05) is 85.0 Å². The van der Waals surface area contributed by atoms with Gasteiger partial charge in [-0.3, -0.25) is 0 Å². The Labute approximate surface area is 165 Å². The van der Waals surface area contributed by atoms with E-state index in [0.29, 0.717) is 0 Å². The average molecular weight is 367 g/mol. The van der Waals surface area contributed by atoms with Gasteiger partial charge in [0.25, 0.3) is 0 Å². The van der Waals surface area contributed by atoms with Gasteiger partial charge in [-0.15, -0.1) is 0 Å². The lowest BCUT2D eigenvalue weighted by atomic mass is 9.78. The molecule has 0 saturated heterocycles. The van der Waals surface area contributed by atoms with E-state index in [9.17, 15) is 0 Å². The molecule has 2 heteroatoms. The molecule has 1 saturated carbocycles. The highest BCUT2D eigenvalue weighted by atomic mass is 14.6. The quantitative estimate of drug-likeness (QED) is 0.324. The number of hydrogen-bond acceptors (Lipinski definition) is 2. The Morgan fingerprint density at radius 3 is 2.23 bits per heavy atom. The first-order valence-electron chi connectivity index (χ1n) is 12.0. The summed E-state index contributed by atoms with van der Waals surface area (Å²) < 4.78 is 0. The van der Waals surface area contributed by atoms with E-state index in [0.717, 1.165) is 42.7 Å². The largest absolute Gasteiger partial charge is 0.330 e. The summed E-state index contributed by atoms with van der Waals surface area (Å²) in [6.07, 6.45) is 19.5. The Hall–Kier alpha value is -0.0800. The highest BCUT2D eigenvalue weighted by molar-refractivity contribution is 4.74. The van der Waals surface area contributed by atoms with Crippen LogP contribution in [-0.4, -0.2) is 13.1 Å².